The summed E-state index contributed by atoms with van der Waals surface area (Å²) in [6, 6.07) is 8.49. The molecule has 1 rings (SSSR count). The summed E-state index contributed by atoms with van der Waals surface area (Å²) in [6.07, 6.45) is 0.767. The number of rotatable bonds is 7. The number of hydrogen-bond acceptors (Lipinski definition) is 4. The van der Waals surface area contributed by atoms with Gasteiger partial charge < -0.3 is 10.1 Å². The minimum Gasteiger partial charge on any atom is -0.468 e. The molecule has 0 aromatic heterocycles. The molecular weight excluding hydrogens is 258 g/mol. The predicted octanol–water partition coefficient (Wildman–Crippen LogP) is 3.02. The molecule has 0 fully saturated rings. The summed E-state index contributed by atoms with van der Waals surface area (Å²) < 4.78 is 4.82. The number of methoxy groups -OCH3 is 1. The van der Waals surface area contributed by atoms with E-state index < -0.39 is 0 Å². The average molecular weight is 281 g/mol. The first-order valence-electron chi connectivity index (χ1n) is 6.56. The van der Waals surface area contributed by atoms with E-state index in [9.17, 15) is 4.79 Å². The second kappa shape index (κ2) is 8.23. The Morgan fingerprint density at radius 1 is 1.32 bits per heavy atom. The Balaban J connectivity index is 2.43. The Bertz CT molecular complexity index is 390. The lowest BCUT2D eigenvalue weighted by molar-refractivity contribution is -0.143. The molecule has 0 aliphatic rings. The summed E-state index contributed by atoms with van der Waals surface area (Å²) in [6.45, 7) is 6.14. The van der Waals surface area contributed by atoms with Crippen molar-refractivity contribution in [1.29, 1.82) is 0 Å². The standard InChI is InChI=1S/C15H23NO2S/c1-11(2)16-14(15(17)18-4)9-10-19-13-7-5-12(3)6-8-13/h5-8,11,14,16H,9-10H2,1-4H3. The SMILES string of the molecule is COC(=O)C(CCSc1ccc(C)cc1)NC(C)C. The molecule has 4 heteroatoms. The van der Waals surface area contributed by atoms with Crippen molar-refractivity contribution < 1.29 is 9.53 Å². The second-order valence-corrected chi connectivity index (χ2v) is 6.02. The summed E-state index contributed by atoms with van der Waals surface area (Å²) in [4.78, 5) is 12.9. The highest BCUT2D eigenvalue weighted by atomic mass is 32.2. The van der Waals surface area contributed by atoms with Gasteiger partial charge in [-0.1, -0.05) is 31.5 Å². The number of ether oxygens (including phenoxy) is 1. The molecule has 0 heterocycles. The first-order chi connectivity index (χ1) is 9.02. The van der Waals surface area contributed by atoms with E-state index in [1.807, 2.05) is 13.8 Å². The first-order valence-corrected chi connectivity index (χ1v) is 7.55. The van der Waals surface area contributed by atoms with Crippen molar-refractivity contribution in [3.63, 3.8) is 0 Å². The number of aryl methyl sites for hydroxylation is 1. The molecule has 0 aliphatic carbocycles. The van der Waals surface area contributed by atoms with Crippen molar-refractivity contribution in [2.45, 2.75) is 44.2 Å². The Labute approximate surface area is 120 Å². The predicted molar refractivity (Wildman–Crippen MR) is 80.6 cm³/mol. The van der Waals surface area contributed by atoms with Crippen molar-refractivity contribution in [2.75, 3.05) is 12.9 Å². The summed E-state index contributed by atoms with van der Waals surface area (Å²) >= 11 is 1.76. The molecule has 1 N–H and O–H groups in total. The molecule has 1 unspecified atom stereocenters. The number of carbonyl (C=O) groups is 1. The Morgan fingerprint density at radius 3 is 2.47 bits per heavy atom. The molecule has 19 heavy (non-hydrogen) atoms. The smallest absolute Gasteiger partial charge is 0.322 e. The van der Waals surface area contributed by atoms with E-state index in [4.69, 9.17) is 4.74 Å². The molecule has 0 saturated heterocycles. The van der Waals surface area contributed by atoms with Crippen LogP contribution in [0, 0.1) is 6.92 Å². The van der Waals surface area contributed by atoms with E-state index in [0.717, 1.165) is 12.2 Å². The molecule has 0 radical (unpaired) electrons. The number of hydrogen-bond donors (Lipinski definition) is 1. The van der Waals surface area contributed by atoms with Gasteiger partial charge in [-0.05, 0) is 25.5 Å². The topological polar surface area (TPSA) is 38.3 Å². The van der Waals surface area contributed by atoms with Crippen LogP contribution in [0.2, 0.25) is 0 Å². The van der Waals surface area contributed by atoms with Gasteiger partial charge in [-0.2, -0.15) is 0 Å². The maximum absolute atomic E-state index is 11.6. The number of nitrogens with one attached hydrogen (secondary N) is 1. The van der Waals surface area contributed by atoms with Gasteiger partial charge in [0, 0.05) is 16.7 Å². The van der Waals surface area contributed by atoms with Gasteiger partial charge in [0.25, 0.3) is 0 Å². The van der Waals surface area contributed by atoms with Crippen LogP contribution in [0.15, 0.2) is 29.2 Å². The summed E-state index contributed by atoms with van der Waals surface area (Å²) in [5, 5.41) is 3.24. The lowest BCUT2D eigenvalue weighted by Gasteiger charge is -2.18. The van der Waals surface area contributed by atoms with E-state index in [-0.39, 0.29) is 18.1 Å². The summed E-state index contributed by atoms with van der Waals surface area (Å²) in [7, 11) is 1.43. The van der Waals surface area contributed by atoms with Gasteiger partial charge in [0.15, 0.2) is 0 Å². The van der Waals surface area contributed by atoms with Gasteiger partial charge in [0.05, 0.1) is 7.11 Å². The fraction of sp³-hybridized carbons (Fsp3) is 0.533. The van der Waals surface area contributed by atoms with Gasteiger partial charge in [-0.3, -0.25) is 4.79 Å². The summed E-state index contributed by atoms with van der Waals surface area (Å²) in [5.41, 5.74) is 1.26. The maximum atomic E-state index is 11.6. The monoisotopic (exact) mass is 281 g/mol. The molecular formula is C15H23NO2S. The van der Waals surface area contributed by atoms with Gasteiger partial charge >= 0.3 is 5.97 Å². The van der Waals surface area contributed by atoms with Crippen molar-refractivity contribution in [1.82, 2.24) is 5.32 Å². The molecule has 1 aromatic rings. The molecule has 106 valence electrons. The Kier molecular flexibility index (Phi) is 6.95. The lowest BCUT2D eigenvalue weighted by Crippen LogP contribution is -2.41. The van der Waals surface area contributed by atoms with Crippen LogP contribution in [0.3, 0.4) is 0 Å². The molecule has 0 amide bonds. The minimum atomic E-state index is -0.219. The molecule has 3 nitrogen and oxygen atoms in total. The fourth-order valence-corrected chi connectivity index (χ4v) is 2.66. The number of thioether (sulfide) groups is 1. The van der Waals surface area contributed by atoms with Crippen LogP contribution in [-0.2, 0) is 9.53 Å². The van der Waals surface area contributed by atoms with Crippen molar-refractivity contribution in [3.05, 3.63) is 29.8 Å². The average Bonchev–Trinajstić information content (AvgIpc) is 2.38. The maximum Gasteiger partial charge on any atom is 0.322 e. The van der Waals surface area contributed by atoms with Crippen LogP contribution < -0.4 is 5.32 Å². The molecule has 0 bridgehead atoms. The fourth-order valence-electron chi connectivity index (χ4n) is 1.74. The highest BCUT2D eigenvalue weighted by molar-refractivity contribution is 7.99. The first kappa shape index (κ1) is 16.1. The number of benzene rings is 1. The third-order valence-corrected chi connectivity index (χ3v) is 3.76. The zero-order chi connectivity index (χ0) is 14.3. The summed E-state index contributed by atoms with van der Waals surface area (Å²) in [5.74, 6) is 0.709. The van der Waals surface area contributed by atoms with Gasteiger partial charge in [0.2, 0.25) is 0 Å². The van der Waals surface area contributed by atoms with Crippen LogP contribution in [0.1, 0.15) is 25.8 Å². The third-order valence-electron chi connectivity index (χ3n) is 2.72. The highest BCUT2D eigenvalue weighted by Gasteiger charge is 2.19. The Morgan fingerprint density at radius 2 is 1.95 bits per heavy atom. The highest BCUT2D eigenvalue weighted by Crippen LogP contribution is 2.19. The van der Waals surface area contributed by atoms with E-state index in [1.54, 1.807) is 11.8 Å². The van der Waals surface area contributed by atoms with E-state index in [0.29, 0.717) is 0 Å². The van der Waals surface area contributed by atoms with Crippen molar-refractivity contribution >= 4 is 17.7 Å². The molecule has 0 saturated carbocycles. The van der Waals surface area contributed by atoms with Crippen LogP contribution in [0.4, 0.5) is 0 Å². The van der Waals surface area contributed by atoms with Gasteiger partial charge in [-0.25, -0.2) is 0 Å². The molecule has 1 aromatic carbocycles. The van der Waals surface area contributed by atoms with E-state index in [1.165, 1.54) is 17.6 Å². The van der Waals surface area contributed by atoms with E-state index in [2.05, 4.69) is 36.5 Å². The van der Waals surface area contributed by atoms with E-state index >= 15 is 0 Å². The molecule has 1 atom stereocenters. The zero-order valence-corrected chi connectivity index (χ0v) is 12.9. The number of carbonyl (C=O) groups excluding carboxylic acids is 1. The Hall–Kier alpha value is -1.00. The van der Waals surface area contributed by atoms with Crippen molar-refractivity contribution in [2.24, 2.45) is 0 Å². The second-order valence-electron chi connectivity index (χ2n) is 4.85. The number of esters is 1. The largest absolute Gasteiger partial charge is 0.468 e. The minimum absolute atomic E-state index is 0.182. The third kappa shape index (κ3) is 6.12. The normalized spacial score (nSPS) is 12.5. The lowest BCUT2D eigenvalue weighted by atomic mass is 10.2. The van der Waals surface area contributed by atoms with Crippen LogP contribution in [-0.4, -0.2) is 30.9 Å². The van der Waals surface area contributed by atoms with Crippen molar-refractivity contribution in [3.8, 4) is 0 Å². The molecule has 0 aliphatic heterocycles. The zero-order valence-electron chi connectivity index (χ0n) is 12.1. The van der Waals surface area contributed by atoms with Gasteiger partial charge in [-0.15, -0.1) is 11.8 Å². The quantitative estimate of drug-likeness (QED) is 0.616. The van der Waals surface area contributed by atoms with Crippen LogP contribution >= 0.6 is 11.8 Å². The van der Waals surface area contributed by atoms with Gasteiger partial charge in [0.1, 0.15) is 6.04 Å². The molecule has 0 spiro atoms. The van der Waals surface area contributed by atoms with Crippen LogP contribution in [0.5, 0.6) is 0 Å². The van der Waals surface area contributed by atoms with Crippen LogP contribution in [0.25, 0.3) is 0 Å².